The van der Waals surface area contributed by atoms with Crippen molar-refractivity contribution in [3.8, 4) is 0 Å². The SMILES string of the molecule is CCCCCCCCCCCCCC[C@@H](O)C(=O)NC(CO[C@H]1OC(CO)[C@@H](O)C(O)C1O)[C@H](O)[C@@H](O)C(O)CCCCCCCC. The lowest BCUT2D eigenvalue weighted by molar-refractivity contribution is -0.303. The number of nitrogens with one attached hydrogen (secondary N) is 1. The molecule has 0 saturated carbocycles. The highest BCUT2D eigenvalue weighted by molar-refractivity contribution is 5.80. The molecule has 0 radical (unpaired) electrons. The quantitative estimate of drug-likeness (QED) is 0.0525. The van der Waals surface area contributed by atoms with Crippen LogP contribution in [-0.4, -0.2) is 121 Å². The molecule has 0 spiro atoms. The van der Waals surface area contributed by atoms with E-state index in [1.54, 1.807) is 0 Å². The van der Waals surface area contributed by atoms with Gasteiger partial charge in [0.2, 0.25) is 5.91 Å². The van der Waals surface area contributed by atoms with Crippen molar-refractivity contribution < 1.29 is 55.1 Å². The summed E-state index contributed by atoms with van der Waals surface area (Å²) in [5.41, 5.74) is 0. The molecule has 0 aliphatic carbocycles. The molecule has 5 unspecified atom stereocenters. The maximum absolute atomic E-state index is 12.9. The molecule has 12 nitrogen and oxygen atoms in total. The van der Waals surface area contributed by atoms with E-state index >= 15 is 0 Å². The van der Waals surface area contributed by atoms with Crippen molar-refractivity contribution in [1.82, 2.24) is 5.32 Å². The predicted octanol–water partition coefficient (Wildman–Crippen LogP) is 2.57. The number of hydrogen-bond donors (Lipinski definition) is 9. The first-order valence-electron chi connectivity index (χ1n) is 18.5. The normalized spacial score (nSPS) is 24.9. The van der Waals surface area contributed by atoms with E-state index in [-0.39, 0.29) is 12.8 Å². The Kier molecular flexibility index (Phi) is 25.2. The summed E-state index contributed by atoms with van der Waals surface area (Å²) in [7, 11) is 0. The molecule has 1 aliphatic heterocycles. The Morgan fingerprint density at radius 2 is 1.13 bits per heavy atom. The third-order valence-electron chi connectivity index (χ3n) is 9.26. The fourth-order valence-corrected chi connectivity index (χ4v) is 5.99. The minimum absolute atomic E-state index is 0.211. The van der Waals surface area contributed by atoms with E-state index in [9.17, 15) is 45.6 Å². The maximum Gasteiger partial charge on any atom is 0.249 e. The van der Waals surface area contributed by atoms with Crippen LogP contribution in [0.4, 0.5) is 0 Å². The van der Waals surface area contributed by atoms with Crippen molar-refractivity contribution in [3.63, 3.8) is 0 Å². The first kappa shape index (κ1) is 44.1. The van der Waals surface area contributed by atoms with E-state index in [1.807, 2.05) is 0 Å². The molecule has 280 valence electrons. The van der Waals surface area contributed by atoms with Crippen molar-refractivity contribution in [2.24, 2.45) is 0 Å². The fourth-order valence-electron chi connectivity index (χ4n) is 5.99. The number of rotatable bonds is 29. The topological polar surface area (TPSA) is 209 Å². The molecule has 1 fully saturated rings. The molecule has 0 aromatic rings. The Labute approximate surface area is 282 Å². The van der Waals surface area contributed by atoms with E-state index in [0.717, 1.165) is 51.4 Å². The molecule has 1 heterocycles. The summed E-state index contributed by atoms with van der Waals surface area (Å²) in [5.74, 6) is -0.785. The van der Waals surface area contributed by atoms with Crippen molar-refractivity contribution in [2.75, 3.05) is 13.2 Å². The minimum Gasteiger partial charge on any atom is -0.394 e. The van der Waals surface area contributed by atoms with Crippen LogP contribution in [0.2, 0.25) is 0 Å². The van der Waals surface area contributed by atoms with Crippen LogP contribution in [0.15, 0.2) is 0 Å². The van der Waals surface area contributed by atoms with Gasteiger partial charge in [0.05, 0.1) is 25.4 Å². The van der Waals surface area contributed by atoms with Gasteiger partial charge in [-0.3, -0.25) is 4.79 Å². The first-order chi connectivity index (χ1) is 22.6. The lowest BCUT2D eigenvalue weighted by Crippen LogP contribution is -2.61. The average molecular weight is 680 g/mol. The number of aliphatic hydroxyl groups is 8. The molecule has 0 aromatic heterocycles. The van der Waals surface area contributed by atoms with Gasteiger partial charge in [-0.2, -0.15) is 0 Å². The zero-order valence-electron chi connectivity index (χ0n) is 29.1. The highest BCUT2D eigenvalue weighted by atomic mass is 16.7. The molecule has 47 heavy (non-hydrogen) atoms. The van der Waals surface area contributed by atoms with Crippen LogP contribution in [-0.2, 0) is 14.3 Å². The van der Waals surface area contributed by atoms with Gasteiger partial charge in [0.15, 0.2) is 6.29 Å². The molecule has 1 amide bonds. The second kappa shape index (κ2) is 26.9. The molecule has 1 aliphatic rings. The number of unbranched alkanes of at least 4 members (excludes halogenated alkanes) is 16. The first-order valence-corrected chi connectivity index (χ1v) is 18.5. The van der Waals surface area contributed by atoms with Crippen molar-refractivity contribution >= 4 is 5.91 Å². The van der Waals surface area contributed by atoms with Crippen LogP contribution in [0.5, 0.6) is 0 Å². The van der Waals surface area contributed by atoms with Gasteiger partial charge in [0.25, 0.3) is 0 Å². The van der Waals surface area contributed by atoms with Gasteiger partial charge in [-0.1, -0.05) is 129 Å². The van der Waals surface area contributed by atoms with Gasteiger partial charge in [-0.15, -0.1) is 0 Å². The second-order valence-corrected chi connectivity index (χ2v) is 13.4. The predicted molar refractivity (Wildman–Crippen MR) is 179 cm³/mol. The molecule has 0 bridgehead atoms. The molecular weight excluding hydrogens is 610 g/mol. The zero-order valence-corrected chi connectivity index (χ0v) is 29.1. The Hall–Kier alpha value is -0.930. The highest BCUT2D eigenvalue weighted by Gasteiger charge is 2.45. The molecule has 10 atom stereocenters. The van der Waals surface area contributed by atoms with Crippen LogP contribution >= 0.6 is 0 Å². The van der Waals surface area contributed by atoms with Gasteiger partial charge in [-0.05, 0) is 12.8 Å². The van der Waals surface area contributed by atoms with E-state index in [1.165, 1.54) is 51.4 Å². The van der Waals surface area contributed by atoms with E-state index < -0.39 is 80.3 Å². The third-order valence-corrected chi connectivity index (χ3v) is 9.26. The van der Waals surface area contributed by atoms with Gasteiger partial charge < -0.3 is 55.6 Å². The highest BCUT2D eigenvalue weighted by Crippen LogP contribution is 2.23. The monoisotopic (exact) mass is 679 g/mol. The number of ether oxygens (including phenoxy) is 2. The molecule has 9 N–H and O–H groups in total. The summed E-state index contributed by atoms with van der Waals surface area (Å²) < 4.78 is 10.9. The van der Waals surface area contributed by atoms with Gasteiger partial charge >= 0.3 is 0 Å². The average Bonchev–Trinajstić information content (AvgIpc) is 3.07. The molecular formula is C35H69NO11. The number of carbonyl (C=O) groups is 1. The summed E-state index contributed by atoms with van der Waals surface area (Å²) in [4.78, 5) is 12.9. The van der Waals surface area contributed by atoms with E-state index in [4.69, 9.17) is 9.47 Å². The number of carbonyl (C=O) groups excluding carboxylic acids is 1. The van der Waals surface area contributed by atoms with E-state index in [0.29, 0.717) is 12.8 Å². The van der Waals surface area contributed by atoms with Crippen molar-refractivity contribution in [2.45, 2.75) is 203 Å². The lowest BCUT2D eigenvalue weighted by Gasteiger charge is -2.40. The van der Waals surface area contributed by atoms with Crippen LogP contribution in [0, 0.1) is 0 Å². The van der Waals surface area contributed by atoms with Crippen LogP contribution < -0.4 is 5.32 Å². The molecule has 1 rings (SSSR count). The van der Waals surface area contributed by atoms with Crippen LogP contribution in [0.3, 0.4) is 0 Å². The molecule has 0 aromatic carbocycles. The van der Waals surface area contributed by atoms with E-state index in [2.05, 4.69) is 19.2 Å². The fraction of sp³-hybridized carbons (Fsp3) is 0.971. The Balaban J connectivity index is 2.64. The summed E-state index contributed by atoms with van der Waals surface area (Å²) >= 11 is 0. The Bertz CT molecular complexity index is 761. The standard InChI is InChI=1S/C35H69NO11/c1-3-5-7-9-11-12-13-14-15-16-18-20-22-27(39)34(45)36-25(24-46-35-33(44)32(43)31(42)28(23-37)47-35)29(40)30(41)26(38)21-19-17-10-8-6-4-2/h25-33,35,37-44H,3-24H2,1-2H3,(H,36,45)/t25?,26?,27-,28?,29+,30+,31-,32?,33?,35+/m1/s1. The Morgan fingerprint density at radius 3 is 1.62 bits per heavy atom. The lowest BCUT2D eigenvalue weighted by atomic mass is 9.96. The number of amides is 1. The summed E-state index contributed by atoms with van der Waals surface area (Å²) in [6.07, 6.45) is 6.32. The van der Waals surface area contributed by atoms with Gasteiger partial charge in [0.1, 0.15) is 42.7 Å². The number of hydrogen-bond acceptors (Lipinski definition) is 11. The summed E-state index contributed by atoms with van der Waals surface area (Å²) in [6, 6.07) is -1.33. The second-order valence-electron chi connectivity index (χ2n) is 13.4. The smallest absolute Gasteiger partial charge is 0.249 e. The van der Waals surface area contributed by atoms with Crippen molar-refractivity contribution in [3.05, 3.63) is 0 Å². The van der Waals surface area contributed by atoms with Crippen molar-refractivity contribution in [1.29, 1.82) is 0 Å². The van der Waals surface area contributed by atoms with Gasteiger partial charge in [-0.25, -0.2) is 0 Å². The maximum atomic E-state index is 12.9. The minimum atomic E-state index is -1.71. The molecule has 1 saturated heterocycles. The third kappa shape index (κ3) is 18.0. The molecule has 12 heteroatoms. The van der Waals surface area contributed by atoms with Crippen LogP contribution in [0.1, 0.15) is 142 Å². The van der Waals surface area contributed by atoms with Crippen LogP contribution in [0.25, 0.3) is 0 Å². The summed E-state index contributed by atoms with van der Waals surface area (Å²) in [6.45, 7) is 3.13. The Morgan fingerprint density at radius 1 is 0.660 bits per heavy atom. The zero-order chi connectivity index (χ0) is 35.0. The van der Waals surface area contributed by atoms with Gasteiger partial charge in [0, 0.05) is 0 Å². The number of aliphatic hydroxyl groups excluding tert-OH is 8. The summed E-state index contributed by atoms with van der Waals surface area (Å²) in [5, 5.41) is 85.3. The largest absolute Gasteiger partial charge is 0.394 e.